The van der Waals surface area contributed by atoms with Crippen LogP contribution in [0.3, 0.4) is 0 Å². The minimum Gasteiger partial charge on any atom is -0.381 e. The van der Waals surface area contributed by atoms with E-state index < -0.39 is 0 Å². The summed E-state index contributed by atoms with van der Waals surface area (Å²) in [5.41, 5.74) is 0.410. The maximum Gasteiger partial charge on any atom is 0.127 e. The Morgan fingerprint density at radius 3 is 2.72 bits per heavy atom. The van der Waals surface area contributed by atoms with Crippen molar-refractivity contribution in [2.75, 3.05) is 19.1 Å². The second-order valence-corrected chi connectivity index (χ2v) is 5.32. The zero-order valence-corrected chi connectivity index (χ0v) is 11.5. The Bertz CT molecular complexity index is 408. The summed E-state index contributed by atoms with van der Waals surface area (Å²) in [6.45, 7) is 1.81. The Labute approximate surface area is 116 Å². The first-order valence-electron chi connectivity index (χ1n) is 5.98. The third-order valence-corrected chi connectivity index (χ3v) is 4.11. The van der Waals surface area contributed by atoms with E-state index in [9.17, 15) is 4.39 Å². The molecule has 1 saturated heterocycles. The Balaban J connectivity index is 2.03. The number of benzene rings is 1. The van der Waals surface area contributed by atoms with Crippen LogP contribution in [0.2, 0.25) is 5.02 Å². The number of ether oxygens (including phenoxy) is 1. The highest BCUT2D eigenvalue weighted by atomic mass is 35.5. The molecule has 0 unspecified atom stereocenters. The molecule has 1 heterocycles. The molecule has 0 bridgehead atoms. The van der Waals surface area contributed by atoms with Crippen molar-refractivity contribution in [3.63, 3.8) is 0 Å². The summed E-state index contributed by atoms with van der Waals surface area (Å²) in [6, 6.07) is 4.58. The summed E-state index contributed by atoms with van der Waals surface area (Å²) >= 11 is 11.9. The molecular weight excluding hydrogens is 276 g/mol. The van der Waals surface area contributed by atoms with Crippen molar-refractivity contribution in [2.24, 2.45) is 0 Å². The molecule has 0 spiro atoms. The fourth-order valence-electron chi connectivity index (χ4n) is 2.08. The maximum atomic E-state index is 13.6. The van der Waals surface area contributed by atoms with Gasteiger partial charge in [-0.25, -0.2) is 4.39 Å². The average molecular weight is 292 g/mol. The zero-order chi connectivity index (χ0) is 13.0. The minimum atomic E-state index is -0.247. The van der Waals surface area contributed by atoms with Crippen molar-refractivity contribution in [2.45, 2.75) is 24.9 Å². The van der Waals surface area contributed by atoms with E-state index in [-0.39, 0.29) is 11.4 Å². The highest BCUT2D eigenvalue weighted by Crippen LogP contribution is 2.23. The molecule has 1 aliphatic heterocycles. The molecule has 1 aliphatic rings. The van der Waals surface area contributed by atoms with Gasteiger partial charge in [0.05, 0.1) is 0 Å². The summed E-state index contributed by atoms with van der Waals surface area (Å²) in [7, 11) is 0. The van der Waals surface area contributed by atoms with Crippen LogP contribution in [0.15, 0.2) is 18.2 Å². The van der Waals surface area contributed by atoms with E-state index in [4.69, 9.17) is 27.9 Å². The van der Waals surface area contributed by atoms with Crippen LogP contribution in [0.1, 0.15) is 18.4 Å². The van der Waals surface area contributed by atoms with E-state index in [1.165, 1.54) is 6.07 Å². The first-order chi connectivity index (χ1) is 8.65. The van der Waals surface area contributed by atoms with Gasteiger partial charge in [-0.05, 0) is 31.0 Å². The van der Waals surface area contributed by atoms with E-state index in [1.807, 2.05) is 0 Å². The van der Waals surface area contributed by atoms with Gasteiger partial charge in [-0.3, -0.25) is 0 Å². The van der Waals surface area contributed by atoms with Crippen molar-refractivity contribution in [3.8, 4) is 0 Å². The van der Waals surface area contributed by atoms with Crippen LogP contribution in [0.4, 0.5) is 4.39 Å². The summed E-state index contributed by atoms with van der Waals surface area (Å²) in [6.07, 6.45) is 1.69. The molecule has 18 heavy (non-hydrogen) atoms. The SMILES string of the molecule is Fc1ccc(Cl)cc1CNC1(CCl)CCOCC1. The van der Waals surface area contributed by atoms with E-state index in [2.05, 4.69) is 5.32 Å². The van der Waals surface area contributed by atoms with Crippen LogP contribution < -0.4 is 5.32 Å². The molecular formula is C13H16Cl2FNO. The summed E-state index contributed by atoms with van der Waals surface area (Å²) in [5.74, 6) is 0.252. The molecule has 0 aromatic heterocycles. The third kappa shape index (κ3) is 3.35. The van der Waals surface area contributed by atoms with Gasteiger partial charge < -0.3 is 10.1 Å². The predicted molar refractivity (Wildman–Crippen MR) is 71.8 cm³/mol. The van der Waals surface area contributed by atoms with Gasteiger partial charge in [-0.15, -0.1) is 11.6 Å². The van der Waals surface area contributed by atoms with Gasteiger partial charge in [0.25, 0.3) is 0 Å². The van der Waals surface area contributed by atoms with Crippen molar-refractivity contribution in [1.29, 1.82) is 0 Å². The Morgan fingerprint density at radius 2 is 2.06 bits per heavy atom. The van der Waals surface area contributed by atoms with Crippen LogP contribution in [-0.4, -0.2) is 24.6 Å². The van der Waals surface area contributed by atoms with E-state index in [0.29, 0.717) is 36.2 Å². The Morgan fingerprint density at radius 1 is 1.33 bits per heavy atom. The van der Waals surface area contributed by atoms with Gasteiger partial charge in [0.15, 0.2) is 0 Å². The second-order valence-electron chi connectivity index (χ2n) is 4.62. The topological polar surface area (TPSA) is 21.3 Å². The van der Waals surface area contributed by atoms with E-state index >= 15 is 0 Å². The number of nitrogens with one attached hydrogen (secondary N) is 1. The number of hydrogen-bond acceptors (Lipinski definition) is 2. The minimum absolute atomic E-state index is 0.158. The number of halogens is 3. The van der Waals surface area contributed by atoms with Crippen molar-refractivity contribution < 1.29 is 9.13 Å². The van der Waals surface area contributed by atoms with E-state index in [1.54, 1.807) is 12.1 Å². The van der Waals surface area contributed by atoms with Gasteiger partial charge in [0, 0.05) is 41.8 Å². The van der Waals surface area contributed by atoms with Crippen LogP contribution >= 0.6 is 23.2 Å². The first kappa shape index (κ1) is 14.1. The van der Waals surface area contributed by atoms with Crippen molar-refractivity contribution >= 4 is 23.2 Å². The molecule has 1 aromatic carbocycles. The number of alkyl halides is 1. The van der Waals surface area contributed by atoms with Crippen LogP contribution in [0.5, 0.6) is 0 Å². The predicted octanol–water partition coefficient (Wildman–Crippen LogP) is 3.36. The molecule has 1 N–H and O–H groups in total. The number of hydrogen-bond donors (Lipinski definition) is 1. The molecule has 1 aromatic rings. The highest BCUT2D eigenvalue weighted by Gasteiger charge is 2.31. The number of rotatable bonds is 4. The maximum absolute atomic E-state index is 13.6. The normalized spacial score (nSPS) is 18.8. The Hall–Kier alpha value is -0.350. The highest BCUT2D eigenvalue weighted by molar-refractivity contribution is 6.30. The average Bonchev–Trinajstić information content (AvgIpc) is 2.41. The zero-order valence-electron chi connectivity index (χ0n) is 10.0. The van der Waals surface area contributed by atoms with Crippen LogP contribution in [0.25, 0.3) is 0 Å². The lowest BCUT2D eigenvalue weighted by molar-refractivity contribution is 0.0458. The molecule has 0 radical (unpaired) electrons. The smallest absolute Gasteiger partial charge is 0.127 e. The summed E-state index contributed by atoms with van der Waals surface area (Å²) < 4.78 is 18.9. The van der Waals surface area contributed by atoms with Gasteiger partial charge in [0.1, 0.15) is 5.82 Å². The quantitative estimate of drug-likeness (QED) is 0.859. The lowest BCUT2D eigenvalue weighted by Crippen LogP contribution is -2.50. The lowest BCUT2D eigenvalue weighted by Gasteiger charge is -2.36. The first-order valence-corrected chi connectivity index (χ1v) is 6.89. The molecule has 0 aliphatic carbocycles. The fraction of sp³-hybridized carbons (Fsp3) is 0.538. The standard InChI is InChI=1S/C13H16Cl2FNO/c14-9-13(3-5-18-6-4-13)17-8-10-7-11(15)1-2-12(10)16/h1-2,7,17H,3-6,8-9H2. The van der Waals surface area contributed by atoms with Gasteiger partial charge in [0.2, 0.25) is 0 Å². The fourth-order valence-corrected chi connectivity index (χ4v) is 2.64. The largest absolute Gasteiger partial charge is 0.381 e. The van der Waals surface area contributed by atoms with Crippen LogP contribution in [-0.2, 0) is 11.3 Å². The molecule has 5 heteroatoms. The van der Waals surface area contributed by atoms with Crippen LogP contribution in [0, 0.1) is 5.82 Å². The molecule has 0 saturated carbocycles. The summed E-state index contributed by atoms with van der Waals surface area (Å²) in [4.78, 5) is 0. The molecule has 1 fully saturated rings. The molecule has 2 rings (SSSR count). The monoisotopic (exact) mass is 291 g/mol. The van der Waals surface area contributed by atoms with Crippen molar-refractivity contribution in [1.82, 2.24) is 5.32 Å². The van der Waals surface area contributed by atoms with Crippen molar-refractivity contribution in [3.05, 3.63) is 34.6 Å². The second kappa shape index (κ2) is 6.20. The van der Waals surface area contributed by atoms with Gasteiger partial charge >= 0.3 is 0 Å². The Kier molecular flexibility index (Phi) is 4.84. The van der Waals surface area contributed by atoms with Gasteiger partial charge in [-0.1, -0.05) is 11.6 Å². The van der Waals surface area contributed by atoms with E-state index in [0.717, 1.165) is 12.8 Å². The molecule has 0 atom stereocenters. The van der Waals surface area contributed by atoms with Gasteiger partial charge in [-0.2, -0.15) is 0 Å². The lowest BCUT2D eigenvalue weighted by atomic mass is 9.92. The molecule has 0 amide bonds. The summed E-state index contributed by atoms with van der Waals surface area (Å²) in [5, 5.41) is 3.90. The third-order valence-electron chi connectivity index (χ3n) is 3.37. The molecule has 100 valence electrons. The molecule has 2 nitrogen and oxygen atoms in total.